The fraction of sp³-hybridized carbons (Fsp3) is 0.158. The number of nitrogens with one attached hydrogen (secondary N) is 1. The van der Waals surface area contributed by atoms with E-state index < -0.39 is 6.61 Å². The molecule has 0 saturated heterocycles. The fourth-order valence-corrected chi connectivity index (χ4v) is 3.66. The molecule has 0 radical (unpaired) electrons. The summed E-state index contributed by atoms with van der Waals surface area (Å²) in [5.74, 6) is -0.0526. The molecule has 1 aliphatic heterocycles. The van der Waals surface area contributed by atoms with E-state index in [2.05, 4.69) is 15.0 Å². The summed E-state index contributed by atoms with van der Waals surface area (Å²) in [6, 6.07) is 13.9. The quantitative estimate of drug-likeness (QED) is 0.690. The number of alkyl halides is 2. The number of rotatable bonds is 5. The predicted octanol–water partition coefficient (Wildman–Crippen LogP) is 4.69. The molecule has 0 unspecified atom stereocenters. The first kappa shape index (κ1) is 17.4. The molecule has 1 amide bonds. The third kappa shape index (κ3) is 3.75. The first-order valence-electron chi connectivity index (χ1n) is 8.27. The van der Waals surface area contributed by atoms with Crippen LogP contribution in [0.25, 0.3) is 0 Å². The van der Waals surface area contributed by atoms with E-state index in [-0.39, 0.29) is 11.7 Å². The SMILES string of the molecule is O=C(c1csc(Nc2ccc(OC(F)F)cc2)n1)N1CCc2ccccc21. The summed E-state index contributed by atoms with van der Waals surface area (Å²) < 4.78 is 28.7. The van der Waals surface area contributed by atoms with Crippen molar-refractivity contribution in [3.63, 3.8) is 0 Å². The average Bonchev–Trinajstić information content (AvgIpc) is 3.29. The highest BCUT2D eigenvalue weighted by Gasteiger charge is 2.26. The number of ether oxygens (including phenoxy) is 1. The van der Waals surface area contributed by atoms with Crippen LogP contribution in [0.5, 0.6) is 5.75 Å². The van der Waals surface area contributed by atoms with E-state index >= 15 is 0 Å². The third-order valence-corrected chi connectivity index (χ3v) is 4.94. The molecular weight excluding hydrogens is 372 g/mol. The number of hydrogen-bond acceptors (Lipinski definition) is 5. The molecule has 0 fully saturated rings. The van der Waals surface area contributed by atoms with Crippen molar-refractivity contribution in [2.75, 3.05) is 16.8 Å². The highest BCUT2D eigenvalue weighted by atomic mass is 32.1. The number of hydrogen-bond donors (Lipinski definition) is 1. The highest BCUT2D eigenvalue weighted by Crippen LogP contribution is 2.30. The van der Waals surface area contributed by atoms with E-state index in [1.807, 2.05) is 24.3 Å². The van der Waals surface area contributed by atoms with E-state index in [0.717, 1.165) is 17.7 Å². The van der Waals surface area contributed by atoms with Gasteiger partial charge in [0.15, 0.2) is 5.13 Å². The Morgan fingerprint density at radius 2 is 1.96 bits per heavy atom. The fourth-order valence-electron chi connectivity index (χ4n) is 2.96. The van der Waals surface area contributed by atoms with Gasteiger partial charge in [0, 0.05) is 23.3 Å². The van der Waals surface area contributed by atoms with Crippen LogP contribution >= 0.6 is 11.3 Å². The lowest BCUT2D eigenvalue weighted by molar-refractivity contribution is -0.0498. The van der Waals surface area contributed by atoms with E-state index in [1.165, 1.54) is 23.5 Å². The van der Waals surface area contributed by atoms with Crippen LogP contribution in [-0.2, 0) is 6.42 Å². The van der Waals surface area contributed by atoms with Gasteiger partial charge in [-0.05, 0) is 42.3 Å². The Labute approximate surface area is 158 Å². The number of nitrogens with zero attached hydrogens (tertiary/aromatic N) is 2. The first-order chi connectivity index (χ1) is 13.1. The summed E-state index contributed by atoms with van der Waals surface area (Å²) in [6.45, 7) is -2.21. The molecule has 0 spiro atoms. The van der Waals surface area contributed by atoms with E-state index in [0.29, 0.717) is 23.1 Å². The molecule has 8 heteroatoms. The lowest BCUT2D eigenvalue weighted by Crippen LogP contribution is -2.29. The number of carbonyl (C=O) groups is 1. The Balaban J connectivity index is 1.45. The van der Waals surface area contributed by atoms with Crippen LogP contribution in [-0.4, -0.2) is 24.0 Å². The van der Waals surface area contributed by atoms with Gasteiger partial charge in [-0.25, -0.2) is 4.98 Å². The number of aromatic nitrogens is 1. The molecule has 0 bridgehead atoms. The Morgan fingerprint density at radius 1 is 1.19 bits per heavy atom. The summed E-state index contributed by atoms with van der Waals surface area (Å²) in [6.07, 6.45) is 0.837. The maximum atomic E-state index is 12.8. The summed E-state index contributed by atoms with van der Waals surface area (Å²) in [7, 11) is 0. The second kappa shape index (κ2) is 7.32. The first-order valence-corrected chi connectivity index (χ1v) is 9.15. The van der Waals surface area contributed by atoms with Crippen molar-refractivity contribution in [1.82, 2.24) is 4.98 Å². The van der Waals surface area contributed by atoms with Gasteiger partial charge in [-0.15, -0.1) is 11.3 Å². The van der Waals surface area contributed by atoms with Gasteiger partial charge in [0.2, 0.25) is 0 Å². The number of thiazole rings is 1. The molecule has 27 heavy (non-hydrogen) atoms. The molecule has 138 valence electrons. The summed E-state index contributed by atoms with van der Waals surface area (Å²) >= 11 is 1.31. The van der Waals surface area contributed by atoms with Crippen LogP contribution in [0.3, 0.4) is 0 Å². The van der Waals surface area contributed by atoms with Gasteiger partial charge in [0.1, 0.15) is 11.4 Å². The minimum atomic E-state index is -2.85. The number of benzene rings is 2. The highest BCUT2D eigenvalue weighted by molar-refractivity contribution is 7.14. The van der Waals surface area contributed by atoms with Crippen molar-refractivity contribution in [3.8, 4) is 5.75 Å². The number of carbonyl (C=O) groups excluding carboxylic acids is 1. The smallest absolute Gasteiger partial charge is 0.387 e. The Hall–Kier alpha value is -3.00. The van der Waals surface area contributed by atoms with Crippen LogP contribution in [0, 0.1) is 0 Å². The van der Waals surface area contributed by atoms with Crippen LogP contribution in [0.15, 0.2) is 53.9 Å². The van der Waals surface area contributed by atoms with E-state index in [9.17, 15) is 13.6 Å². The molecule has 0 saturated carbocycles. The van der Waals surface area contributed by atoms with Crippen LogP contribution in [0.2, 0.25) is 0 Å². The number of para-hydroxylation sites is 1. The Bertz CT molecular complexity index is 960. The predicted molar refractivity (Wildman–Crippen MR) is 100 cm³/mol. The second-order valence-electron chi connectivity index (χ2n) is 5.90. The molecule has 1 N–H and O–H groups in total. The lowest BCUT2D eigenvalue weighted by Gasteiger charge is -2.15. The molecule has 5 nitrogen and oxygen atoms in total. The molecule has 0 aliphatic carbocycles. The molecular formula is C19H15F2N3O2S. The average molecular weight is 387 g/mol. The number of fused-ring (bicyclic) bond motifs is 1. The van der Waals surface area contributed by atoms with Gasteiger partial charge in [0.25, 0.3) is 5.91 Å². The molecule has 0 atom stereocenters. The van der Waals surface area contributed by atoms with Crippen molar-refractivity contribution in [1.29, 1.82) is 0 Å². The number of halogens is 2. The normalized spacial score (nSPS) is 12.9. The van der Waals surface area contributed by atoms with Crippen molar-refractivity contribution in [2.45, 2.75) is 13.0 Å². The zero-order valence-electron chi connectivity index (χ0n) is 14.1. The standard InChI is InChI=1S/C19H15F2N3O2S/c20-18(21)26-14-7-5-13(6-8-14)22-19-23-15(11-27-19)17(25)24-10-9-12-3-1-2-4-16(12)24/h1-8,11,18H,9-10H2,(H,22,23). The second-order valence-corrected chi connectivity index (χ2v) is 6.76. The maximum absolute atomic E-state index is 12.8. The molecule has 2 heterocycles. The summed E-state index contributed by atoms with van der Waals surface area (Å²) in [4.78, 5) is 18.9. The summed E-state index contributed by atoms with van der Waals surface area (Å²) in [5, 5.41) is 5.32. The van der Waals surface area contributed by atoms with Gasteiger partial charge >= 0.3 is 6.61 Å². The van der Waals surface area contributed by atoms with Gasteiger partial charge in [-0.1, -0.05) is 18.2 Å². The van der Waals surface area contributed by atoms with Gasteiger partial charge in [-0.2, -0.15) is 8.78 Å². The van der Waals surface area contributed by atoms with Crippen LogP contribution in [0.4, 0.5) is 25.3 Å². The number of anilines is 3. The number of amides is 1. The largest absolute Gasteiger partial charge is 0.435 e. The van der Waals surface area contributed by atoms with Gasteiger partial charge < -0.3 is 15.0 Å². The topological polar surface area (TPSA) is 54.5 Å². The molecule has 1 aliphatic rings. The zero-order chi connectivity index (χ0) is 18.8. The van der Waals surface area contributed by atoms with Crippen molar-refractivity contribution >= 4 is 33.8 Å². The summed E-state index contributed by atoms with van der Waals surface area (Å²) in [5.41, 5.74) is 3.12. The maximum Gasteiger partial charge on any atom is 0.387 e. The van der Waals surface area contributed by atoms with Gasteiger partial charge in [0.05, 0.1) is 0 Å². The lowest BCUT2D eigenvalue weighted by atomic mass is 10.2. The van der Waals surface area contributed by atoms with E-state index in [4.69, 9.17) is 0 Å². The minimum Gasteiger partial charge on any atom is -0.435 e. The minimum absolute atomic E-state index is 0.0817. The van der Waals surface area contributed by atoms with Gasteiger partial charge in [-0.3, -0.25) is 4.79 Å². The van der Waals surface area contributed by atoms with E-state index in [1.54, 1.807) is 22.4 Å². The Morgan fingerprint density at radius 3 is 2.74 bits per heavy atom. The molecule has 4 rings (SSSR count). The Kier molecular flexibility index (Phi) is 4.72. The molecule has 3 aromatic rings. The zero-order valence-corrected chi connectivity index (χ0v) is 14.9. The van der Waals surface area contributed by atoms with Crippen molar-refractivity contribution in [2.24, 2.45) is 0 Å². The van der Waals surface area contributed by atoms with Crippen molar-refractivity contribution < 1.29 is 18.3 Å². The monoisotopic (exact) mass is 387 g/mol. The third-order valence-electron chi connectivity index (χ3n) is 4.19. The van der Waals surface area contributed by atoms with Crippen LogP contribution < -0.4 is 15.0 Å². The van der Waals surface area contributed by atoms with Crippen LogP contribution in [0.1, 0.15) is 16.1 Å². The van der Waals surface area contributed by atoms with Crippen molar-refractivity contribution in [3.05, 3.63) is 65.2 Å². The molecule has 1 aromatic heterocycles. The molecule has 2 aromatic carbocycles.